The van der Waals surface area contributed by atoms with Crippen LogP contribution in [0.5, 0.6) is 0 Å². The lowest BCUT2D eigenvalue weighted by atomic mass is 10.3. The number of halogens is 1. The van der Waals surface area contributed by atoms with E-state index in [0.717, 1.165) is 9.37 Å². The van der Waals surface area contributed by atoms with Crippen LogP contribution in [0.15, 0.2) is 28.7 Å². The summed E-state index contributed by atoms with van der Waals surface area (Å²) in [5.74, 6) is -1.05. The molecule has 1 rings (SSSR count). The quantitative estimate of drug-likeness (QED) is 0.893. The number of urea groups is 1. The summed E-state index contributed by atoms with van der Waals surface area (Å²) in [6.07, 6.45) is 0. The van der Waals surface area contributed by atoms with Crippen LogP contribution in [0.4, 0.5) is 10.5 Å². The lowest BCUT2D eigenvalue weighted by Crippen LogP contribution is -2.35. The molecule has 0 aliphatic carbocycles. The fourth-order valence-electron chi connectivity index (χ4n) is 1.06. The van der Waals surface area contributed by atoms with Crippen molar-refractivity contribution in [1.82, 2.24) is 4.90 Å². The van der Waals surface area contributed by atoms with E-state index in [-0.39, 0.29) is 6.54 Å². The van der Waals surface area contributed by atoms with E-state index in [2.05, 4.69) is 21.2 Å². The van der Waals surface area contributed by atoms with Gasteiger partial charge in [-0.05, 0) is 18.2 Å². The highest BCUT2D eigenvalue weighted by molar-refractivity contribution is 9.10. The summed E-state index contributed by atoms with van der Waals surface area (Å²) in [7, 11) is 1.42. The predicted octanol–water partition coefficient (Wildman–Crippen LogP) is 2.00. The molecule has 2 amide bonds. The highest BCUT2D eigenvalue weighted by Crippen LogP contribution is 2.15. The van der Waals surface area contributed by atoms with Gasteiger partial charge in [0, 0.05) is 17.2 Å². The number of carboxylic acid groups (broad SMARTS) is 1. The van der Waals surface area contributed by atoms with Gasteiger partial charge in [0.15, 0.2) is 0 Å². The van der Waals surface area contributed by atoms with Crippen molar-refractivity contribution >= 4 is 33.6 Å². The molecular formula is C10H11BrN2O3. The summed E-state index contributed by atoms with van der Waals surface area (Å²) in [6, 6.07) is 6.59. The van der Waals surface area contributed by atoms with E-state index in [1.54, 1.807) is 18.2 Å². The minimum Gasteiger partial charge on any atom is -0.480 e. The summed E-state index contributed by atoms with van der Waals surface area (Å²) in [5, 5.41) is 11.1. The number of amides is 2. The third-order valence-corrected chi connectivity index (χ3v) is 2.29. The topological polar surface area (TPSA) is 69.6 Å². The molecule has 2 N–H and O–H groups in total. The Labute approximate surface area is 101 Å². The number of benzene rings is 1. The van der Waals surface area contributed by atoms with Crippen molar-refractivity contribution < 1.29 is 14.7 Å². The van der Waals surface area contributed by atoms with Crippen molar-refractivity contribution in [1.29, 1.82) is 0 Å². The fraction of sp³-hybridized carbons (Fsp3) is 0.200. The fourth-order valence-corrected chi connectivity index (χ4v) is 1.46. The Kier molecular flexibility index (Phi) is 4.30. The summed E-state index contributed by atoms with van der Waals surface area (Å²) in [6.45, 7) is -0.333. The van der Waals surface area contributed by atoms with Gasteiger partial charge in [-0.2, -0.15) is 0 Å². The van der Waals surface area contributed by atoms with E-state index in [4.69, 9.17) is 5.11 Å². The molecule has 0 atom stereocenters. The molecule has 0 aliphatic rings. The number of nitrogens with zero attached hydrogens (tertiary/aromatic N) is 1. The minimum absolute atomic E-state index is 0.333. The maximum absolute atomic E-state index is 11.5. The van der Waals surface area contributed by atoms with E-state index in [9.17, 15) is 9.59 Å². The van der Waals surface area contributed by atoms with E-state index in [0.29, 0.717) is 5.69 Å². The average Bonchev–Trinajstić information content (AvgIpc) is 2.16. The summed E-state index contributed by atoms with van der Waals surface area (Å²) >= 11 is 3.27. The van der Waals surface area contributed by atoms with Crippen LogP contribution in [0, 0.1) is 0 Å². The zero-order valence-corrected chi connectivity index (χ0v) is 10.2. The Bertz CT molecular complexity index is 409. The number of rotatable bonds is 3. The Balaban J connectivity index is 2.60. The molecule has 1 aromatic rings. The molecule has 0 fully saturated rings. The second-order valence-corrected chi connectivity index (χ2v) is 4.11. The van der Waals surface area contributed by atoms with Gasteiger partial charge in [0.2, 0.25) is 0 Å². The SMILES string of the molecule is CN(CC(=O)O)C(=O)Nc1cccc(Br)c1. The molecule has 0 spiro atoms. The Morgan fingerprint density at radius 3 is 2.75 bits per heavy atom. The highest BCUT2D eigenvalue weighted by Gasteiger charge is 2.11. The largest absolute Gasteiger partial charge is 0.480 e. The molecule has 0 heterocycles. The van der Waals surface area contributed by atoms with Crippen molar-refractivity contribution in [3.05, 3.63) is 28.7 Å². The highest BCUT2D eigenvalue weighted by atomic mass is 79.9. The standard InChI is InChI=1S/C10H11BrN2O3/c1-13(6-9(14)15)10(16)12-8-4-2-3-7(11)5-8/h2-5H,6H2,1H3,(H,12,16)(H,14,15). The molecule has 5 nitrogen and oxygen atoms in total. The van der Waals surface area contributed by atoms with Crippen LogP contribution < -0.4 is 5.32 Å². The van der Waals surface area contributed by atoms with Gasteiger partial charge in [0.05, 0.1) is 0 Å². The second kappa shape index (κ2) is 5.50. The van der Waals surface area contributed by atoms with Crippen LogP contribution >= 0.6 is 15.9 Å². The van der Waals surface area contributed by atoms with E-state index in [1.807, 2.05) is 6.07 Å². The third kappa shape index (κ3) is 3.90. The third-order valence-electron chi connectivity index (χ3n) is 1.80. The molecule has 0 aromatic heterocycles. The smallest absolute Gasteiger partial charge is 0.323 e. The van der Waals surface area contributed by atoms with Crippen molar-refractivity contribution in [3.8, 4) is 0 Å². The predicted molar refractivity (Wildman–Crippen MR) is 63.4 cm³/mol. The summed E-state index contributed by atoms with van der Waals surface area (Å²) < 4.78 is 0.839. The van der Waals surface area contributed by atoms with Gasteiger partial charge in [-0.25, -0.2) is 4.79 Å². The van der Waals surface area contributed by atoms with Crippen LogP contribution in [0.1, 0.15) is 0 Å². The molecule has 16 heavy (non-hydrogen) atoms. The molecule has 86 valence electrons. The number of hydrogen-bond acceptors (Lipinski definition) is 2. The Hall–Kier alpha value is -1.56. The van der Waals surface area contributed by atoms with Crippen LogP contribution in [-0.2, 0) is 4.79 Å². The van der Waals surface area contributed by atoms with Gasteiger partial charge in [0.25, 0.3) is 0 Å². The average molecular weight is 287 g/mol. The zero-order valence-electron chi connectivity index (χ0n) is 8.61. The van der Waals surface area contributed by atoms with Gasteiger partial charge < -0.3 is 15.3 Å². The summed E-state index contributed by atoms with van der Waals surface area (Å²) in [5.41, 5.74) is 0.608. The maximum atomic E-state index is 11.5. The van der Waals surface area contributed by atoms with Crippen LogP contribution in [0.25, 0.3) is 0 Å². The number of hydrogen-bond donors (Lipinski definition) is 2. The number of likely N-dealkylation sites (N-methyl/N-ethyl adjacent to an activating group) is 1. The van der Waals surface area contributed by atoms with Crippen molar-refractivity contribution in [2.45, 2.75) is 0 Å². The Morgan fingerprint density at radius 1 is 1.50 bits per heavy atom. The molecule has 0 saturated heterocycles. The first-order valence-corrected chi connectivity index (χ1v) is 5.28. The molecule has 0 bridgehead atoms. The van der Waals surface area contributed by atoms with Crippen molar-refractivity contribution in [3.63, 3.8) is 0 Å². The number of carbonyl (C=O) groups excluding carboxylic acids is 1. The second-order valence-electron chi connectivity index (χ2n) is 3.19. The minimum atomic E-state index is -1.05. The first-order chi connectivity index (χ1) is 7.49. The molecule has 6 heteroatoms. The van der Waals surface area contributed by atoms with Crippen LogP contribution in [0.2, 0.25) is 0 Å². The van der Waals surface area contributed by atoms with Crippen molar-refractivity contribution in [2.24, 2.45) is 0 Å². The molecule has 0 radical (unpaired) electrons. The van der Waals surface area contributed by atoms with Crippen LogP contribution in [0.3, 0.4) is 0 Å². The Morgan fingerprint density at radius 2 is 2.19 bits per heavy atom. The number of anilines is 1. The van der Waals surface area contributed by atoms with Gasteiger partial charge in [-0.3, -0.25) is 4.79 Å². The first-order valence-electron chi connectivity index (χ1n) is 4.48. The van der Waals surface area contributed by atoms with Crippen molar-refractivity contribution in [2.75, 3.05) is 18.9 Å². The number of carboxylic acids is 1. The monoisotopic (exact) mass is 286 g/mol. The number of carbonyl (C=O) groups is 2. The van der Waals surface area contributed by atoms with Gasteiger partial charge in [0.1, 0.15) is 6.54 Å². The first kappa shape index (κ1) is 12.5. The molecular weight excluding hydrogens is 276 g/mol. The molecule has 1 aromatic carbocycles. The zero-order chi connectivity index (χ0) is 12.1. The van der Waals surface area contributed by atoms with Gasteiger partial charge in [-0.1, -0.05) is 22.0 Å². The van der Waals surface area contributed by atoms with Crippen LogP contribution in [-0.4, -0.2) is 35.6 Å². The number of aliphatic carboxylic acids is 1. The van der Waals surface area contributed by atoms with E-state index in [1.165, 1.54) is 7.05 Å². The molecule has 0 aliphatic heterocycles. The summed E-state index contributed by atoms with van der Waals surface area (Å²) in [4.78, 5) is 23.0. The normalized spacial score (nSPS) is 9.62. The lowest BCUT2D eigenvalue weighted by Gasteiger charge is -2.15. The van der Waals surface area contributed by atoms with Gasteiger partial charge in [-0.15, -0.1) is 0 Å². The van der Waals surface area contributed by atoms with E-state index >= 15 is 0 Å². The lowest BCUT2D eigenvalue weighted by molar-refractivity contribution is -0.137. The molecule has 0 unspecified atom stereocenters. The number of nitrogens with one attached hydrogen (secondary N) is 1. The van der Waals surface area contributed by atoms with Gasteiger partial charge >= 0.3 is 12.0 Å². The van der Waals surface area contributed by atoms with E-state index < -0.39 is 12.0 Å². The molecule has 0 saturated carbocycles. The maximum Gasteiger partial charge on any atom is 0.323 e.